The number of esters is 1. The van der Waals surface area contributed by atoms with Gasteiger partial charge in [0, 0.05) is 31.5 Å². The molecule has 0 aliphatic carbocycles. The largest absolute Gasteiger partial charge is 0.456 e. The molecular formula is C17H15F2NO5. The molecule has 2 aliphatic rings. The number of Topliss-reactive ketones (excluding diaryl/α,β-unsaturated/α-hetero) is 1. The van der Waals surface area contributed by atoms with Gasteiger partial charge in [0.15, 0.2) is 5.60 Å². The van der Waals surface area contributed by atoms with Gasteiger partial charge in [0.25, 0.3) is 5.78 Å². The number of carbonyl (C=O) groups excluding carboxylic acids is 3. The molecule has 6 nitrogen and oxygen atoms in total. The highest BCUT2D eigenvalue weighted by Crippen LogP contribution is 2.41. The third-order valence-corrected chi connectivity index (χ3v) is 4.11. The second-order valence-corrected chi connectivity index (χ2v) is 6.00. The van der Waals surface area contributed by atoms with Crippen LogP contribution in [0, 0.1) is 11.6 Å². The molecule has 1 fully saturated rings. The second kappa shape index (κ2) is 5.94. The van der Waals surface area contributed by atoms with Gasteiger partial charge in [-0.2, -0.15) is 0 Å². The van der Waals surface area contributed by atoms with Gasteiger partial charge < -0.3 is 9.47 Å². The first kappa shape index (κ1) is 17.1. The van der Waals surface area contributed by atoms with E-state index in [4.69, 9.17) is 9.47 Å². The third kappa shape index (κ3) is 2.88. The van der Waals surface area contributed by atoms with E-state index in [0.717, 1.165) is 19.1 Å². The van der Waals surface area contributed by atoms with Crippen molar-refractivity contribution < 1.29 is 32.6 Å². The van der Waals surface area contributed by atoms with Gasteiger partial charge in [-0.1, -0.05) is 0 Å². The molecule has 1 amide bonds. The summed E-state index contributed by atoms with van der Waals surface area (Å²) in [6.45, 7) is 2.70. The Hall–Kier alpha value is -2.77. The van der Waals surface area contributed by atoms with Crippen molar-refractivity contribution in [2.75, 3.05) is 6.54 Å². The molecule has 0 aromatic heterocycles. The summed E-state index contributed by atoms with van der Waals surface area (Å²) in [6.07, 6.45) is 0.818. The van der Waals surface area contributed by atoms with Crippen LogP contribution in [-0.4, -0.2) is 29.1 Å². The van der Waals surface area contributed by atoms with Gasteiger partial charge in [-0.15, -0.1) is 0 Å². The van der Waals surface area contributed by atoms with Gasteiger partial charge in [-0.25, -0.2) is 8.78 Å². The molecule has 2 heterocycles. The van der Waals surface area contributed by atoms with Crippen LogP contribution in [-0.2, 0) is 29.5 Å². The molecule has 1 saturated heterocycles. The minimum Gasteiger partial charge on any atom is -0.456 e. The Kier molecular flexibility index (Phi) is 4.06. The van der Waals surface area contributed by atoms with Crippen molar-refractivity contribution in [2.45, 2.75) is 32.3 Å². The van der Waals surface area contributed by atoms with Crippen molar-refractivity contribution in [3.63, 3.8) is 0 Å². The van der Waals surface area contributed by atoms with Crippen molar-refractivity contribution in [3.8, 4) is 0 Å². The van der Waals surface area contributed by atoms with Crippen LogP contribution in [0.1, 0.15) is 32.3 Å². The first-order valence-corrected chi connectivity index (χ1v) is 7.66. The molecule has 1 aromatic rings. The van der Waals surface area contributed by atoms with Crippen LogP contribution in [0.4, 0.5) is 8.78 Å². The minimum atomic E-state index is -1.81. The first-order chi connectivity index (χ1) is 11.7. The number of ketones is 1. The normalized spacial score (nSPS) is 23.3. The average molecular weight is 351 g/mol. The maximum absolute atomic E-state index is 13.6. The highest BCUT2D eigenvalue weighted by Gasteiger charge is 2.52. The predicted octanol–water partition coefficient (Wildman–Crippen LogP) is 2.13. The van der Waals surface area contributed by atoms with E-state index in [9.17, 15) is 23.2 Å². The van der Waals surface area contributed by atoms with E-state index in [0.29, 0.717) is 19.0 Å². The van der Waals surface area contributed by atoms with Crippen LogP contribution in [0.25, 0.3) is 0 Å². The predicted molar refractivity (Wildman–Crippen MR) is 79.5 cm³/mol. The molecule has 0 saturated carbocycles. The van der Waals surface area contributed by atoms with Gasteiger partial charge in [-0.3, -0.25) is 19.3 Å². The van der Waals surface area contributed by atoms with Crippen LogP contribution in [0.15, 0.2) is 29.8 Å². The van der Waals surface area contributed by atoms with E-state index in [1.165, 1.54) is 11.8 Å². The Bertz CT molecular complexity index is 799. The maximum atomic E-state index is 13.6. The Labute approximate surface area is 142 Å². The first-order valence-electron chi connectivity index (χ1n) is 7.66. The molecule has 2 aliphatic heterocycles. The van der Waals surface area contributed by atoms with Crippen LogP contribution < -0.4 is 0 Å². The van der Waals surface area contributed by atoms with Gasteiger partial charge in [0.2, 0.25) is 17.5 Å². The lowest BCUT2D eigenvalue weighted by Crippen LogP contribution is -2.33. The topological polar surface area (TPSA) is 72.9 Å². The summed E-state index contributed by atoms with van der Waals surface area (Å²) in [6, 6.07) is 2.58. The smallest absolute Gasteiger partial charge is 0.308 e. The summed E-state index contributed by atoms with van der Waals surface area (Å²) in [5.41, 5.74) is -1.90. The molecule has 0 bridgehead atoms. The zero-order valence-corrected chi connectivity index (χ0v) is 13.6. The van der Waals surface area contributed by atoms with Crippen molar-refractivity contribution in [1.82, 2.24) is 4.90 Å². The van der Waals surface area contributed by atoms with E-state index >= 15 is 0 Å². The number of hydrogen-bond donors (Lipinski definition) is 0. The molecule has 3 rings (SSSR count). The van der Waals surface area contributed by atoms with Gasteiger partial charge in [0.05, 0.1) is 0 Å². The standard InChI is InChI=1S/C17H15F2NO5/c1-9(21)24-14-15(23)17(2,10-6-11(18)8-12(19)7-10)25-16(14)20-5-3-4-13(20)22/h6-8H,3-5H2,1-2H3. The molecule has 25 heavy (non-hydrogen) atoms. The number of likely N-dealkylation sites (tertiary alicyclic amines) is 1. The summed E-state index contributed by atoms with van der Waals surface area (Å²) in [7, 11) is 0. The van der Waals surface area contributed by atoms with Crippen molar-refractivity contribution >= 4 is 17.7 Å². The minimum absolute atomic E-state index is 0.0821. The van der Waals surface area contributed by atoms with Crippen molar-refractivity contribution in [1.29, 1.82) is 0 Å². The second-order valence-electron chi connectivity index (χ2n) is 6.00. The number of halogens is 2. The summed E-state index contributed by atoms with van der Waals surface area (Å²) in [5, 5.41) is 0. The number of nitrogens with zero attached hydrogens (tertiary/aromatic N) is 1. The monoisotopic (exact) mass is 351 g/mol. The summed E-state index contributed by atoms with van der Waals surface area (Å²) < 4.78 is 37.8. The molecule has 1 atom stereocenters. The fourth-order valence-corrected chi connectivity index (χ4v) is 2.89. The molecule has 0 N–H and O–H groups in total. The Balaban J connectivity index is 2.07. The number of ether oxygens (including phenoxy) is 2. The highest BCUT2D eigenvalue weighted by molar-refractivity contribution is 6.04. The Morgan fingerprint density at radius 3 is 2.40 bits per heavy atom. The zero-order valence-electron chi connectivity index (χ0n) is 13.6. The fraction of sp³-hybridized carbons (Fsp3) is 0.353. The lowest BCUT2D eigenvalue weighted by Gasteiger charge is -2.26. The molecule has 1 unspecified atom stereocenters. The van der Waals surface area contributed by atoms with E-state index in [1.54, 1.807) is 0 Å². The van der Waals surface area contributed by atoms with Crippen LogP contribution >= 0.6 is 0 Å². The lowest BCUT2D eigenvalue weighted by atomic mass is 9.91. The molecule has 8 heteroatoms. The van der Waals surface area contributed by atoms with E-state index in [-0.39, 0.29) is 23.8 Å². The number of carbonyl (C=O) groups is 3. The van der Waals surface area contributed by atoms with Crippen LogP contribution in [0.3, 0.4) is 0 Å². The number of benzene rings is 1. The molecule has 132 valence electrons. The average Bonchev–Trinajstić information content (AvgIpc) is 3.03. The highest BCUT2D eigenvalue weighted by atomic mass is 19.1. The SMILES string of the molecule is CC(=O)OC1=C(N2CCCC2=O)OC(C)(c2cc(F)cc(F)c2)C1=O. The van der Waals surface area contributed by atoms with Crippen molar-refractivity contribution in [2.24, 2.45) is 0 Å². The summed E-state index contributed by atoms with van der Waals surface area (Å²) >= 11 is 0. The molecular weight excluding hydrogens is 336 g/mol. The molecule has 1 aromatic carbocycles. The van der Waals surface area contributed by atoms with E-state index in [1.807, 2.05) is 0 Å². The van der Waals surface area contributed by atoms with E-state index < -0.39 is 34.7 Å². The van der Waals surface area contributed by atoms with E-state index in [2.05, 4.69) is 0 Å². The number of amides is 1. The third-order valence-electron chi connectivity index (χ3n) is 4.11. The maximum Gasteiger partial charge on any atom is 0.308 e. The van der Waals surface area contributed by atoms with Crippen molar-refractivity contribution in [3.05, 3.63) is 47.0 Å². The van der Waals surface area contributed by atoms with Gasteiger partial charge in [0.1, 0.15) is 11.6 Å². The quantitative estimate of drug-likeness (QED) is 0.780. The van der Waals surface area contributed by atoms with Crippen LogP contribution in [0.2, 0.25) is 0 Å². The zero-order chi connectivity index (χ0) is 18.4. The van der Waals surface area contributed by atoms with Crippen LogP contribution in [0.5, 0.6) is 0 Å². The number of rotatable bonds is 3. The molecule has 0 spiro atoms. The molecule has 0 radical (unpaired) electrons. The fourth-order valence-electron chi connectivity index (χ4n) is 2.89. The summed E-state index contributed by atoms with van der Waals surface area (Å²) in [4.78, 5) is 37.4. The summed E-state index contributed by atoms with van der Waals surface area (Å²) in [5.74, 6) is -4.25. The Morgan fingerprint density at radius 2 is 1.88 bits per heavy atom. The Morgan fingerprint density at radius 1 is 1.24 bits per heavy atom. The number of hydrogen-bond acceptors (Lipinski definition) is 5. The lowest BCUT2D eigenvalue weighted by molar-refractivity contribution is -0.142. The van der Waals surface area contributed by atoms with Gasteiger partial charge in [-0.05, 0) is 25.5 Å². The van der Waals surface area contributed by atoms with Gasteiger partial charge >= 0.3 is 5.97 Å².